The number of hydrogen-bond acceptors (Lipinski definition) is 4. The number of carbonyl (C=O) groups is 1. The third kappa shape index (κ3) is 3.14. The summed E-state index contributed by atoms with van der Waals surface area (Å²) in [6, 6.07) is 9.59. The number of para-hydroxylation sites is 1. The van der Waals surface area contributed by atoms with E-state index >= 15 is 0 Å². The van der Waals surface area contributed by atoms with Crippen molar-refractivity contribution < 1.29 is 4.79 Å². The van der Waals surface area contributed by atoms with Gasteiger partial charge in [-0.1, -0.05) is 30.0 Å². The molecule has 1 aromatic heterocycles. The fourth-order valence-corrected chi connectivity index (χ4v) is 2.52. The Kier molecular flexibility index (Phi) is 4.21. The lowest BCUT2D eigenvalue weighted by molar-refractivity contribution is -0.117. The van der Waals surface area contributed by atoms with E-state index in [2.05, 4.69) is 10.2 Å². The maximum absolute atomic E-state index is 12.3. The molecule has 0 aliphatic carbocycles. The number of carbonyl (C=O) groups excluding carboxylic acids is 1. The molecule has 1 atom stereocenters. The number of hydrogen-bond donors (Lipinski definition) is 0. The summed E-state index contributed by atoms with van der Waals surface area (Å²) in [6.07, 6.45) is 1.63. The van der Waals surface area contributed by atoms with Crippen molar-refractivity contribution in [2.75, 3.05) is 11.9 Å². The van der Waals surface area contributed by atoms with E-state index in [-0.39, 0.29) is 11.2 Å². The van der Waals surface area contributed by atoms with Crippen LogP contribution in [0.25, 0.3) is 0 Å². The van der Waals surface area contributed by atoms with Gasteiger partial charge in [0.2, 0.25) is 5.91 Å². The number of nitrogens with zero attached hydrogens (tertiary/aromatic N) is 4. The smallest absolute Gasteiger partial charge is 0.240 e. The van der Waals surface area contributed by atoms with Crippen LogP contribution in [0, 0.1) is 0 Å². The molecule has 1 aromatic carbocycles. The van der Waals surface area contributed by atoms with Gasteiger partial charge in [0.15, 0.2) is 5.16 Å². The van der Waals surface area contributed by atoms with E-state index < -0.39 is 0 Å². The Balaban J connectivity index is 2.05. The lowest BCUT2D eigenvalue weighted by Gasteiger charge is -2.20. The maximum atomic E-state index is 12.3. The van der Waals surface area contributed by atoms with Crippen molar-refractivity contribution in [2.45, 2.75) is 17.3 Å². The van der Waals surface area contributed by atoms with Crippen molar-refractivity contribution in [1.82, 2.24) is 14.8 Å². The average molecular weight is 276 g/mol. The zero-order valence-corrected chi connectivity index (χ0v) is 12.0. The molecule has 0 aliphatic rings. The fraction of sp³-hybridized carbons (Fsp3) is 0.308. The second kappa shape index (κ2) is 5.88. The van der Waals surface area contributed by atoms with Crippen LogP contribution in [0.3, 0.4) is 0 Å². The molecule has 0 radical (unpaired) electrons. The topological polar surface area (TPSA) is 51.0 Å². The number of aromatic nitrogens is 3. The summed E-state index contributed by atoms with van der Waals surface area (Å²) in [7, 11) is 3.64. The number of aryl methyl sites for hydroxylation is 1. The Morgan fingerprint density at radius 2 is 2.05 bits per heavy atom. The fourth-order valence-electron chi connectivity index (χ4n) is 1.64. The summed E-state index contributed by atoms with van der Waals surface area (Å²) >= 11 is 1.41. The zero-order chi connectivity index (χ0) is 13.8. The minimum Gasteiger partial charge on any atom is -0.315 e. The third-order valence-electron chi connectivity index (χ3n) is 2.77. The van der Waals surface area contributed by atoms with E-state index in [4.69, 9.17) is 0 Å². The van der Waals surface area contributed by atoms with Crippen molar-refractivity contribution >= 4 is 23.4 Å². The molecule has 6 heteroatoms. The van der Waals surface area contributed by atoms with Crippen LogP contribution >= 0.6 is 11.8 Å². The van der Waals surface area contributed by atoms with Crippen molar-refractivity contribution in [3.05, 3.63) is 36.7 Å². The first-order valence-electron chi connectivity index (χ1n) is 5.93. The molecule has 5 nitrogen and oxygen atoms in total. The van der Waals surface area contributed by atoms with Crippen LogP contribution in [0.4, 0.5) is 5.69 Å². The largest absolute Gasteiger partial charge is 0.315 e. The molecule has 0 N–H and O–H groups in total. The van der Waals surface area contributed by atoms with Crippen molar-refractivity contribution in [3.8, 4) is 0 Å². The van der Waals surface area contributed by atoms with E-state index in [1.165, 1.54) is 11.8 Å². The van der Waals surface area contributed by atoms with Crippen molar-refractivity contribution in [2.24, 2.45) is 7.05 Å². The highest BCUT2D eigenvalue weighted by molar-refractivity contribution is 8.00. The highest BCUT2D eigenvalue weighted by atomic mass is 32.2. The van der Waals surface area contributed by atoms with E-state index in [9.17, 15) is 4.79 Å². The predicted molar refractivity (Wildman–Crippen MR) is 76.2 cm³/mol. The molecule has 0 saturated heterocycles. The highest BCUT2D eigenvalue weighted by Gasteiger charge is 2.21. The van der Waals surface area contributed by atoms with Gasteiger partial charge in [0, 0.05) is 19.8 Å². The number of anilines is 1. The number of rotatable bonds is 4. The van der Waals surface area contributed by atoms with Crippen LogP contribution in [0.15, 0.2) is 41.8 Å². The molecule has 0 spiro atoms. The monoisotopic (exact) mass is 276 g/mol. The van der Waals surface area contributed by atoms with Crippen LogP contribution in [0.1, 0.15) is 6.92 Å². The van der Waals surface area contributed by atoms with Gasteiger partial charge in [0.1, 0.15) is 6.33 Å². The second-order valence-electron chi connectivity index (χ2n) is 4.22. The van der Waals surface area contributed by atoms with Crippen LogP contribution in [0.5, 0.6) is 0 Å². The molecule has 0 aliphatic heterocycles. The average Bonchev–Trinajstić information content (AvgIpc) is 2.83. The molecule has 0 fully saturated rings. The lowest BCUT2D eigenvalue weighted by atomic mass is 10.3. The molecule has 1 heterocycles. The molecule has 1 amide bonds. The summed E-state index contributed by atoms with van der Waals surface area (Å²) in [5.74, 6) is 0.0409. The van der Waals surface area contributed by atoms with Crippen LogP contribution < -0.4 is 4.90 Å². The van der Waals surface area contributed by atoms with Gasteiger partial charge in [-0.2, -0.15) is 0 Å². The molecule has 100 valence electrons. The quantitative estimate of drug-likeness (QED) is 0.801. The first-order chi connectivity index (χ1) is 9.09. The van der Waals surface area contributed by atoms with Crippen LogP contribution in [-0.4, -0.2) is 33.0 Å². The summed E-state index contributed by atoms with van der Waals surface area (Å²) < 4.78 is 1.80. The Labute approximate surface area is 116 Å². The van der Waals surface area contributed by atoms with Gasteiger partial charge in [-0.3, -0.25) is 4.79 Å². The standard InChI is InChI=1S/C13H16N4OS/c1-10(19-13-15-14-9-16(13)2)12(18)17(3)11-7-5-4-6-8-11/h4-10H,1-3H3/t10-/m0/s1. The number of benzene rings is 1. The first-order valence-corrected chi connectivity index (χ1v) is 6.81. The van der Waals surface area contributed by atoms with Gasteiger partial charge >= 0.3 is 0 Å². The molecular formula is C13H16N4OS. The summed E-state index contributed by atoms with van der Waals surface area (Å²) in [5.41, 5.74) is 0.887. The minimum absolute atomic E-state index is 0.0409. The normalized spacial score (nSPS) is 12.2. The van der Waals surface area contributed by atoms with Gasteiger partial charge in [-0.15, -0.1) is 10.2 Å². The second-order valence-corrected chi connectivity index (χ2v) is 5.53. The van der Waals surface area contributed by atoms with Crippen molar-refractivity contribution in [3.63, 3.8) is 0 Å². The Morgan fingerprint density at radius 3 is 2.63 bits per heavy atom. The zero-order valence-electron chi connectivity index (χ0n) is 11.1. The van der Waals surface area contributed by atoms with E-state index in [0.29, 0.717) is 0 Å². The number of thioether (sulfide) groups is 1. The van der Waals surface area contributed by atoms with E-state index in [1.54, 1.807) is 22.8 Å². The Bertz CT molecular complexity index is 555. The molecule has 19 heavy (non-hydrogen) atoms. The first kappa shape index (κ1) is 13.6. The van der Waals surface area contributed by atoms with Crippen LogP contribution in [0.2, 0.25) is 0 Å². The lowest BCUT2D eigenvalue weighted by Crippen LogP contribution is -2.33. The SMILES string of the molecule is C[C@H](Sc1nncn1C)C(=O)N(C)c1ccccc1. The molecular weight excluding hydrogens is 260 g/mol. The summed E-state index contributed by atoms with van der Waals surface area (Å²) in [6.45, 7) is 1.88. The van der Waals surface area contributed by atoms with E-state index in [1.807, 2.05) is 44.3 Å². The Hall–Kier alpha value is -1.82. The van der Waals surface area contributed by atoms with Gasteiger partial charge in [0.25, 0.3) is 0 Å². The van der Waals surface area contributed by atoms with Gasteiger partial charge in [-0.05, 0) is 19.1 Å². The predicted octanol–water partition coefficient (Wildman–Crippen LogP) is 1.96. The van der Waals surface area contributed by atoms with Gasteiger partial charge < -0.3 is 9.47 Å². The maximum Gasteiger partial charge on any atom is 0.240 e. The summed E-state index contributed by atoms with van der Waals surface area (Å²) in [5, 5.41) is 8.30. The molecule has 0 bridgehead atoms. The summed E-state index contributed by atoms with van der Waals surface area (Å²) in [4.78, 5) is 14.0. The van der Waals surface area contributed by atoms with Gasteiger partial charge in [0.05, 0.1) is 5.25 Å². The Morgan fingerprint density at radius 1 is 1.37 bits per heavy atom. The molecule has 2 aromatic rings. The number of amides is 1. The van der Waals surface area contributed by atoms with Crippen LogP contribution in [-0.2, 0) is 11.8 Å². The minimum atomic E-state index is -0.215. The van der Waals surface area contributed by atoms with Gasteiger partial charge in [-0.25, -0.2) is 0 Å². The molecule has 0 unspecified atom stereocenters. The highest BCUT2D eigenvalue weighted by Crippen LogP contribution is 2.23. The molecule has 0 saturated carbocycles. The van der Waals surface area contributed by atoms with Crippen molar-refractivity contribution in [1.29, 1.82) is 0 Å². The van der Waals surface area contributed by atoms with E-state index in [0.717, 1.165) is 10.8 Å². The third-order valence-corrected chi connectivity index (χ3v) is 3.91. The molecule has 2 rings (SSSR count).